The number of Topliss-reactive ketones (excluding diaryl/α,β-unsaturated/α-hetero) is 2. The van der Waals surface area contributed by atoms with Gasteiger partial charge in [0.25, 0.3) is 0 Å². The Morgan fingerprint density at radius 1 is 0.686 bits per heavy atom. The topological polar surface area (TPSA) is 236 Å². The number of amides is 6. The van der Waals surface area contributed by atoms with Crippen LogP contribution in [-0.4, -0.2) is 153 Å². The SMILES string of the molecule is CC(C)(C)OC(=O)N1CC(=O)CCC1C(=O)NC1CCN(C(=O)OCc2ccccc2)CC1.CC(C)(C)OC(=O)N[C@@H](CCC(=O)C=S(C)(C)=O)C(=O)NC1CCN(C(=O)OCc2ccccc2)CC1. The van der Waals surface area contributed by atoms with Crippen LogP contribution in [0.5, 0.6) is 0 Å². The van der Waals surface area contributed by atoms with E-state index in [2.05, 4.69) is 16.0 Å². The maximum absolute atomic E-state index is 13.0. The second kappa shape index (κ2) is 26.1. The molecule has 20 heteroatoms. The van der Waals surface area contributed by atoms with Crippen molar-refractivity contribution in [3.63, 3.8) is 0 Å². The summed E-state index contributed by atoms with van der Waals surface area (Å²) in [6, 6.07) is 16.8. The molecule has 2 aromatic carbocycles. The van der Waals surface area contributed by atoms with Gasteiger partial charge >= 0.3 is 24.4 Å². The number of alkyl carbamates (subject to hydrolysis) is 1. The third kappa shape index (κ3) is 20.8. The predicted molar refractivity (Wildman–Crippen MR) is 263 cm³/mol. The summed E-state index contributed by atoms with van der Waals surface area (Å²) in [5.41, 5.74) is 0.346. The van der Waals surface area contributed by atoms with Crippen LogP contribution >= 0.6 is 0 Å². The van der Waals surface area contributed by atoms with Gasteiger partial charge in [-0.15, -0.1) is 0 Å². The molecule has 0 aliphatic carbocycles. The van der Waals surface area contributed by atoms with Crippen LogP contribution in [0.3, 0.4) is 0 Å². The molecule has 3 fully saturated rings. The Morgan fingerprint density at radius 2 is 1.16 bits per heavy atom. The molecule has 19 nitrogen and oxygen atoms in total. The average molecular weight is 997 g/mol. The predicted octanol–water partition coefficient (Wildman–Crippen LogP) is 5.37. The number of ether oxygens (including phenoxy) is 4. The van der Waals surface area contributed by atoms with Gasteiger partial charge in [-0.1, -0.05) is 60.7 Å². The number of hydrogen-bond acceptors (Lipinski definition) is 13. The molecule has 0 saturated carbocycles. The van der Waals surface area contributed by atoms with Crippen molar-refractivity contribution >= 4 is 62.6 Å². The fourth-order valence-corrected chi connectivity index (χ4v) is 8.38. The fraction of sp³-hybridized carbons (Fsp3) is 0.580. The zero-order valence-corrected chi connectivity index (χ0v) is 42.6. The van der Waals surface area contributed by atoms with Gasteiger partial charge < -0.3 is 44.7 Å². The lowest BCUT2D eigenvalue weighted by molar-refractivity contribution is -0.133. The van der Waals surface area contributed by atoms with Crippen molar-refractivity contribution in [2.45, 2.75) is 141 Å². The third-order valence-electron chi connectivity index (χ3n) is 11.1. The van der Waals surface area contributed by atoms with Crippen molar-refractivity contribution in [2.75, 3.05) is 45.2 Å². The summed E-state index contributed by atoms with van der Waals surface area (Å²) in [6.45, 7) is 12.4. The minimum atomic E-state index is -2.37. The Bertz CT molecular complexity index is 2230. The molecule has 386 valence electrons. The molecular weight excluding hydrogens is 925 g/mol. The van der Waals surface area contributed by atoms with Gasteiger partial charge in [-0.05, 0) is 101 Å². The van der Waals surface area contributed by atoms with Crippen LogP contribution in [0.15, 0.2) is 60.7 Å². The largest absolute Gasteiger partial charge is 0.445 e. The first-order valence-corrected chi connectivity index (χ1v) is 26.1. The van der Waals surface area contributed by atoms with E-state index in [-0.39, 0.29) is 81.1 Å². The highest BCUT2D eigenvalue weighted by atomic mass is 32.2. The molecule has 3 aliphatic rings. The molecule has 3 heterocycles. The van der Waals surface area contributed by atoms with Gasteiger partial charge in [0.2, 0.25) is 11.8 Å². The monoisotopic (exact) mass is 996 g/mol. The number of hydrogen-bond donors (Lipinski definition) is 3. The summed E-state index contributed by atoms with van der Waals surface area (Å²) >= 11 is 0. The summed E-state index contributed by atoms with van der Waals surface area (Å²) in [5.74, 6) is -1.19. The van der Waals surface area contributed by atoms with E-state index in [0.717, 1.165) is 16.5 Å². The Morgan fingerprint density at radius 3 is 1.61 bits per heavy atom. The van der Waals surface area contributed by atoms with Crippen molar-refractivity contribution in [2.24, 2.45) is 0 Å². The standard InChI is InChI=1S/C26H39N3O7S.C24H33N3O6/c1-26(2,3)36-24(32)28-22(12-11-21(30)18-37(4,5)34)23(31)27-20-13-15-29(16-14-20)25(33)35-17-19-9-7-6-8-10-19;1-24(2,3)33-23(31)27-15-19(28)9-10-20(27)21(29)25-18-11-13-26(14-12-18)22(30)32-16-17-7-5-4-6-8-17/h6-10,18,20,22H,11-17H2,1-5H3,(H,27,31)(H,28,32);4-8,18,20H,9-16H2,1-3H3,(H,25,29)/t22-;/m0./s1. The maximum Gasteiger partial charge on any atom is 0.411 e. The van der Waals surface area contributed by atoms with Crippen LogP contribution in [0.1, 0.15) is 104 Å². The van der Waals surface area contributed by atoms with E-state index in [1.807, 2.05) is 60.7 Å². The molecule has 0 spiro atoms. The Kier molecular flexibility index (Phi) is 21.1. The number of carbonyl (C=O) groups excluding carboxylic acids is 8. The van der Waals surface area contributed by atoms with Gasteiger partial charge in [0.05, 0.1) is 6.54 Å². The smallest absolute Gasteiger partial charge is 0.411 e. The van der Waals surface area contributed by atoms with Crippen molar-refractivity contribution < 1.29 is 61.5 Å². The van der Waals surface area contributed by atoms with E-state index < -0.39 is 57.0 Å². The lowest BCUT2D eigenvalue weighted by Crippen LogP contribution is -2.57. The van der Waals surface area contributed by atoms with Crippen LogP contribution in [0.25, 0.3) is 0 Å². The van der Waals surface area contributed by atoms with Crippen molar-refractivity contribution in [1.29, 1.82) is 0 Å². The summed E-state index contributed by atoms with van der Waals surface area (Å²) in [7, 11) is -2.37. The van der Waals surface area contributed by atoms with E-state index in [4.69, 9.17) is 18.9 Å². The number of piperidine rings is 3. The fourth-order valence-electron chi connectivity index (χ4n) is 7.63. The van der Waals surface area contributed by atoms with Gasteiger partial charge in [-0.25, -0.2) is 19.2 Å². The highest BCUT2D eigenvalue weighted by Gasteiger charge is 2.39. The van der Waals surface area contributed by atoms with Gasteiger partial charge in [-0.3, -0.25) is 28.3 Å². The summed E-state index contributed by atoms with van der Waals surface area (Å²) in [5, 5.41) is 9.60. The highest BCUT2D eigenvalue weighted by molar-refractivity contribution is 8.01. The van der Waals surface area contributed by atoms with E-state index in [1.165, 1.54) is 17.4 Å². The molecule has 6 amide bonds. The molecule has 0 radical (unpaired) electrons. The minimum Gasteiger partial charge on any atom is -0.445 e. The number of nitrogens with one attached hydrogen (secondary N) is 3. The molecule has 70 heavy (non-hydrogen) atoms. The number of benzene rings is 2. The lowest BCUT2D eigenvalue weighted by atomic mass is 9.99. The van der Waals surface area contributed by atoms with Crippen molar-refractivity contribution in [3.8, 4) is 0 Å². The summed E-state index contributed by atoms with van der Waals surface area (Å²) < 4.78 is 33.3. The van der Waals surface area contributed by atoms with E-state index in [0.29, 0.717) is 51.9 Å². The molecule has 3 aliphatic heterocycles. The quantitative estimate of drug-likeness (QED) is 0.169. The molecule has 1 unspecified atom stereocenters. The molecule has 0 bridgehead atoms. The van der Waals surface area contributed by atoms with Gasteiger partial charge in [0.1, 0.15) is 36.5 Å². The second-order valence-corrected chi connectivity index (χ2v) is 22.8. The van der Waals surface area contributed by atoms with Crippen LogP contribution in [0.4, 0.5) is 19.2 Å². The molecule has 3 N–H and O–H groups in total. The maximum atomic E-state index is 13.0. The van der Waals surface area contributed by atoms with Gasteiger partial charge in [-0.2, -0.15) is 0 Å². The van der Waals surface area contributed by atoms with Gasteiger partial charge in [0, 0.05) is 69.0 Å². The third-order valence-corrected chi connectivity index (χ3v) is 11.9. The van der Waals surface area contributed by atoms with Crippen LogP contribution in [0.2, 0.25) is 0 Å². The van der Waals surface area contributed by atoms with E-state index in [1.54, 1.807) is 51.3 Å². The molecule has 2 aromatic rings. The Hall–Kier alpha value is -6.18. The van der Waals surface area contributed by atoms with E-state index >= 15 is 0 Å². The Balaban J connectivity index is 0.000000306. The number of carbonyl (C=O) groups is 8. The molecule has 3 saturated heterocycles. The zero-order chi connectivity index (χ0) is 51.6. The van der Waals surface area contributed by atoms with Crippen LogP contribution in [0, 0.1) is 0 Å². The highest BCUT2D eigenvalue weighted by Crippen LogP contribution is 2.21. The normalized spacial score (nSPS) is 17.4. The van der Waals surface area contributed by atoms with Crippen LogP contribution in [-0.2, 0) is 60.9 Å². The Labute approximate surface area is 412 Å². The first kappa shape index (κ1) is 56.4. The minimum absolute atomic E-state index is 0.0284. The van der Waals surface area contributed by atoms with Crippen molar-refractivity contribution in [1.82, 2.24) is 30.7 Å². The molecule has 0 aromatic heterocycles. The number of rotatable bonds is 13. The number of likely N-dealkylation sites (tertiary alicyclic amines) is 3. The average Bonchev–Trinajstić information content (AvgIpc) is 3.28. The summed E-state index contributed by atoms with van der Waals surface area (Å²) in [4.78, 5) is 104. The number of nitrogens with zero attached hydrogens (tertiary/aromatic N) is 3. The molecular formula is C50H72N6O13S. The number of ketones is 2. The van der Waals surface area contributed by atoms with E-state index in [9.17, 15) is 42.6 Å². The van der Waals surface area contributed by atoms with Gasteiger partial charge in [0.15, 0.2) is 11.6 Å². The van der Waals surface area contributed by atoms with Crippen LogP contribution < -0.4 is 16.0 Å². The lowest BCUT2D eigenvalue weighted by Gasteiger charge is -2.37. The summed E-state index contributed by atoms with van der Waals surface area (Å²) in [6.07, 6.45) is 3.42. The second-order valence-electron chi connectivity index (χ2n) is 20.0. The first-order chi connectivity index (χ1) is 32.8. The molecule has 2 atom stereocenters. The van der Waals surface area contributed by atoms with Crippen molar-refractivity contribution in [3.05, 3.63) is 71.8 Å². The molecule has 5 rings (SSSR count). The first-order valence-electron chi connectivity index (χ1n) is 23.7. The zero-order valence-electron chi connectivity index (χ0n) is 41.8.